The molecule has 0 aromatic heterocycles. The summed E-state index contributed by atoms with van der Waals surface area (Å²) in [5.41, 5.74) is 0.669. The highest BCUT2D eigenvalue weighted by atomic mass is 32.2. The van der Waals surface area contributed by atoms with Gasteiger partial charge in [-0.2, -0.15) is 13.5 Å². The molecule has 146 valence electrons. The first kappa shape index (κ1) is 20.6. The Kier molecular flexibility index (Phi) is 7.06. The number of hydrogen-bond donors (Lipinski definition) is 1. The lowest BCUT2D eigenvalue weighted by Gasteiger charge is -2.10. The summed E-state index contributed by atoms with van der Waals surface area (Å²) in [6.07, 6.45) is 1.41. The Morgan fingerprint density at radius 1 is 1.11 bits per heavy atom. The van der Waals surface area contributed by atoms with Crippen molar-refractivity contribution in [3.63, 3.8) is 0 Å². The maximum absolute atomic E-state index is 12.3. The number of ether oxygens (including phenoxy) is 3. The van der Waals surface area contributed by atoms with E-state index >= 15 is 0 Å². The maximum Gasteiger partial charge on any atom is 0.276 e. The van der Waals surface area contributed by atoms with Gasteiger partial charge >= 0.3 is 0 Å². The van der Waals surface area contributed by atoms with Gasteiger partial charge in [0.05, 0.1) is 30.9 Å². The highest BCUT2D eigenvalue weighted by Gasteiger charge is 2.13. The van der Waals surface area contributed by atoms with Gasteiger partial charge in [-0.1, -0.05) is 0 Å². The summed E-state index contributed by atoms with van der Waals surface area (Å²) in [5.74, 6) is 1.76. The van der Waals surface area contributed by atoms with E-state index < -0.39 is 10.0 Å². The molecule has 0 fully saturated rings. The SMILES string of the molecule is CCOc1cc(/C=N/NS(=O)(=O)c2ccc(OC(C)C)cc2)ccc1OC. The zero-order valence-electron chi connectivity index (χ0n) is 15.8. The molecule has 0 heterocycles. The molecule has 8 heteroatoms. The van der Waals surface area contributed by atoms with E-state index in [9.17, 15) is 8.42 Å². The van der Waals surface area contributed by atoms with Crippen molar-refractivity contribution < 1.29 is 22.6 Å². The zero-order valence-corrected chi connectivity index (χ0v) is 16.6. The molecular weight excluding hydrogens is 368 g/mol. The monoisotopic (exact) mass is 392 g/mol. The van der Waals surface area contributed by atoms with Crippen molar-refractivity contribution in [1.82, 2.24) is 4.83 Å². The first-order chi connectivity index (χ1) is 12.9. The van der Waals surface area contributed by atoms with Crippen LogP contribution in [0.5, 0.6) is 17.2 Å². The van der Waals surface area contributed by atoms with E-state index in [4.69, 9.17) is 14.2 Å². The van der Waals surface area contributed by atoms with Crippen LogP contribution in [0.25, 0.3) is 0 Å². The number of rotatable bonds is 9. The summed E-state index contributed by atoms with van der Waals surface area (Å²) in [5, 5.41) is 3.83. The van der Waals surface area contributed by atoms with Crippen LogP contribution in [0.1, 0.15) is 26.3 Å². The number of nitrogens with one attached hydrogen (secondary N) is 1. The number of methoxy groups -OCH3 is 1. The second kappa shape index (κ2) is 9.27. The summed E-state index contributed by atoms with van der Waals surface area (Å²) in [4.78, 5) is 2.29. The Balaban J connectivity index is 2.09. The molecule has 1 N–H and O–H groups in total. The summed E-state index contributed by atoms with van der Waals surface area (Å²) in [7, 11) is -2.22. The molecule has 0 aliphatic heterocycles. The second-order valence-corrected chi connectivity index (χ2v) is 7.50. The second-order valence-electron chi connectivity index (χ2n) is 5.83. The van der Waals surface area contributed by atoms with Gasteiger partial charge in [-0.25, -0.2) is 4.83 Å². The van der Waals surface area contributed by atoms with Crippen LogP contribution in [-0.2, 0) is 10.0 Å². The normalized spacial score (nSPS) is 11.6. The Morgan fingerprint density at radius 3 is 2.41 bits per heavy atom. The lowest BCUT2D eigenvalue weighted by Crippen LogP contribution is -2.18. The summed E-state index contributed by atoms with van der Waals surface area (Å²) in [6.45, 7) is 6.15. The van der Waals surface area contributed by atoms with Crippen LogP contribution in [0.3, 0.4) is 0 Å². The molecule has 7 nitrogen and oxygen atoms in total. The fourth-order valence-corrected chi connectivity index (χ4v) is 3.03. The minimum atomic E-state index is -3.77. The van der Waals surface area contributed by atoms with Crippen molar-refractivity contribution in [2.75, 3.05) is 13.7 Å². The standard InChI is InChI=1S/C19H24N2O5S/c1-5-25-19-12-15(6-11-18(19)24-4)13-20-21-27(22,23)17-9-7-16(8-10-17)26-14(2)3/h6-14,21H,5H2,1-4H3/b20-13+. The maximum atomic E-state index is 12.3. The van der Waals surface area contributed by atoms with Crippen molar-refractivity contribution in [3.8, 4) is 17.2 Å². The molecule has 0 saturated heterocycles. The van der Waals surface area contributed by atoms with Crippen LogP contribution in [0.15, 0.2) is 52.5 Å². The molecule has 0 aliphatic carbocycles. The average Bonchev–Trinajstić information content (AvgIpc) is 2.62. The van der Waals surface area contributed by atoms with Crippen molar-refractivity contribution in [2.24, 2.45) is 5.10 Å². The fraction of sp³-hybridized carbons (Fsp3) is 0.316. The van der Waals surface area contributed by atoms with E-state index in [2.05, 4.69) is 9.93 Å². The van der Waals surface area contributed by atoms with Gasteiger partial charge in [0.1, 0.15) is 5.75 Å². The van der Waals surface area contributed by atoms with E-state index in [-0.39, 0.29) is 11.0 Å². The van der Waals surface area contributed by atoms with Crippen LogP contribution < -0.4 is 19.0 Å². The molecule has 0 unspecified atom stereocenters. The minimum Gasteiger partial charge on any atom is -0.493 e. The van der Waals surface area contributed by atoms with Crippen molar-refractivity contribution in [3.05, 3.63) is 48.0 Å². The predicted molar refractivity (Wildman–Crippen MR) is 104 cm³/mol. The van der Waals surface area contributed by atoms with Gasteiger partial charge in [0.25, 0.3) is 10.0 Å². The van der Waals surface area contributed by atoms with Crippen LogP contribution in [0.4, 0.5) is 0 Å². The molecule has 2 aromatic rings. The Hall–Kier alpha value is -2.74. The van der Waals surface area contributed by atoms with Crippen LogP contribution in [0, 0.1) is 0 Å². The van der Waals surface area contributed by atoms with Gasteiger partial charge in [0.2, 0.25) is 0 Å². The molecule has 2 rings (SSSR count). The van der Waals surface area contributed by atoms with Gasteiger partial charge in [-0.05, 0) is 68.8 Å². The number of hydrazone groups is 1. The van der Waals surface area contributed by atoms with E-state index in [0.717, 1.165) is 0 Å². The molecule has 0 aliphatic rings. The summed E-state index contributed by atoms with van der Waals surface area (Å²) >= 11 is 0. The van der Waals surface area contributed by atoms with Gasteiger partial charge in [-0.15, -0.1) is 0 Å². The molecule has 0 bridgehead atoms. The number of sulfonamides is 1. The summed E-state index contributed by atoms with van der Waals surface area (Å²) < 4.78 is 40.8. The topological polar surface area (TPSA) is 86.2 Å². The highest BCUT2D eigenvalue weighted by molar-refractivity contribution is 7.89. The van der Waals surface area contributed by atoms with E-state index in [1.54, 1.807) is 37.4 Å². The van der Waals surface area contributed by atoms with Gasteiger partial charge in [-0.3, -0.25) is 0 Å². The first-order valence-corrected chi connectivity index (χ1v) is 9.96. The number of hydrogen-bond acceptors (Lipinski definition) is 6. The first-order valence-electron chi connectivity index (χ1n) is 8.48. The van der Waals surface area contributed by atoms with Crippen molar-refractivity contribution in [2.45, 2.75) is 31.8 Å². The molecule has 0 amide bonds. The lowest BCUT2D eigenvalue weighted by molar-refractivity contribution is 0.242. The van der Waals surface area contributed by atoms with Crippen molar-refractivity contribution in [1.29, 1.82) is 0 Å². The average molecular weight is 392 g/mol. The third-order valence-electron chi connectivity index (χ3n) is 3.38. The third-order valence-corrected chi connectivity index (χ3v) is 4.62. The van der Waals surface area contributed by atoms with Gasteiger partial charge < -0.3 is 14.2 Å². The molecular formula is C19H24N2O5S. The van der Waals surface area contributed by atoms with E-state index in [1.165, 1.54) is 18.3 Å². The van der Waals surface area contributed by atoms with Crippen molar-refractivity contribution >= 4 is 16.2 Å². The fourth-order valence-electron chi connectivity index (χ4n) is 2.23. The summed E-state index contributed by atoms with van der Waals surface area (Å²) in [6, 6.07) is 11.3. The molecule has 0 atom stereocenters. The van der Waals surface area contributed by atoms with E-state index in [0.29, 0.717) is 29.4 Å². The Morgan fingerprint density at radius 2 is 1.81 bits per heavy atom. The quantitative estimate of drug-likeness (QED) is 0.523. The predicted octanol–water partition coefficient (Wildman–Crippen LogP) is 3.19. The number of nitrogens with zero attached hydrogens (tertiary/aromatic N) is 1. The minimum absolute atomic E-state index is 0.0151. The van der Waals surface area contributed by atoms with E-state index in [1.807, 2.05) is 20.8 Å². The molecule has 2 aromatic carbocycles. The van der Waals surface area contributed by atoms with Crippen LogP contribution in [0.2, 0.25) is 0 Å². The van der Waals surface area contributed by atoms with Gasteiger partial charge in [0.15, 0.2) is 11.5 Å². The third kappa shape index (κ3) is 5.89. The van der Waals surface area contributed by atoms with Crippen LogP contribution in [-0.4, -0.2) is 34.5 Å². The smallest absolute Gasteiger partial charge is 0.276 e. The molecule has 0 saturated carbocycles. The molecule has 27 heavy (non-hydrogen) atoms. The van der Waals surface area contributed by atoms with Gasteiger partial charge in [0, 0.05) is 0 Å². The molecule has 0 radical (unpaired) electrons. The molecule has 0 spiro atoms. The Labute approximate surface area is 160 Å². The largest absolute Gasteiger partial charge is 0.493 e. The zero-order chi connectivity index (χ0) is 19.9. The number of benzene rings is 2. The lowest BCUT2D eigenvalue weighted by atomic mass is 10.2. The Bertz CT molecular complexity index is 877. The highest BCUT2D eigenvalue weighted by Crippen LogP contribution is 2.27. The van der Waals surface area contributed by atoms with Crippen LogP contribution >= 0.6 is 0 Å².